The zero-order chi connectivity index (χ0) is 28.5. The summed E-state index contributed by atoms with van der Waals surface area (Å²) in [6.45, 7) is 11.5. The standard InChI is InChI=1S/C29H35F3N6O/c1-18-13-22(15-34-26(18)20-7-10-23(11-8-20)37(6)17-28(3,4)5)36-27(39)24-16-35-38(19(24)2)25-12-9-21(14-33-25)29(30,31)32/h7,9,12-16,23H,8,10-11,17H2,1-6H3,(H,36,39). The van der Waals surface area contributed by atoms with Gasteiger partial charge in [-0.15, -0.1) is 0 Å². The van der Waals surface area contributed by atoms with Gasteiger partial charge in [-0.25, -0.2) is 9.67 Å². The number of hydrogen-bond acceptors (Lipinski definition) is 5. The maximum Gasteiger partial charge on any atom is 0.417 e. The largest absolute Gasteiger partial charge is 0.417 e. The Balaban J connectivity index is 1.43. The van der Waals surface area contributed by atoms with Crippen LogP contribution in [-0.2, 0) is 6.18 Å². The number of nitrogens with one attached hydrogen (secondary N) is 1. The van der Waals surface area contributed by atoms with E-state index in [1.54, 1.807) is 13.1 Å². The number of allylic oxidation sites excluding steroid dienone is 1. The molecule has 0 saturated carbocycles. The Kier molecular flexibility index (Phi) is 7.97. The third-order valence-corrected chi connectivity index (χ3v) is 6.92. The van der Waals surface area contributed by atoms with Crippen LogP contribution in [0.2, 0.25) is 0 Å². The van der Waals surface area contributed by atoms with Crippen LogP contribution in [0.15, 0.2) is 42.9 Å². The maximum absolute atomic E-state index is 13.0. The van der Waals surface area contributed by atoms with Crippen molar-refractivity contribution in [2.24, 2.45) is 5.41 Å². The van der Waals surface area contributed by atoms with Crippen molar-refractivity contribution in [3.63, 3.8) is 0 Å². The van der Waals surface area contributed by atoms with Crippen LogP contribution in [0.1, 0.15) is 72.9 Å². The molecule has 3 aromatic heterocycles. The lowest BCUT2D eigenvalue weighted by Crippen LogP contribution is -2.38. The Bertz CT molecular complexity index is 1370. The van der Waals surface area contributed by atoms with E-state index in [0.29, 0.717) is 23.0 Å². The van der Waals surface area contributed by atoms with E-state index >= 15 is 0 Å². The van der Waals surface area contributed by atoms with Crippen LogP contribution in [-0.4, -0.2) is 50.2 Å². The monoisotopic (exact) mass is 540 g/mol. The van der Waals surface area contributed by atoms with Gasteiger partial charge in [0.2, 0.25) is 0 Å². The highest BCUT2D eigenvalue weighted by Crippen LogP contribution is 2.32. The first kappa shape index (κ1) is 28.5. The van der Waals surface area contributed by atoms with Gasteiger partial charge in [-0.2, -0.15) is 18.3 Å². The van der Waals surface area contributed by atoms with Crippen molar-refractivity contribution >= 4 is 17.2 Å². The second kappa shape index (κ2) is 10.9. The van der Waals surface area contributed by atoms with Crippen LogP contribution < -0.4 is 5.32 Å². The van der Waals surface area contributed by atoms with Crippen molar-refractivity contribution in [1.82, 2.24) is 24.6 Å². The number of amides is 1. The average molecular weight is 541 g/mol. The number of aryl methyl sites for hydroxylation is 1. The molecule has 3 heterocycles. The lowest BCUT2D eigenvalue weighted by molar-refractivity contribution is -0.137. The maximum atomic E-state index is 13.0. The third-order valence-electron chi connectivity index (χ3n) is 6.92. The van der Waals surface area contributed by atoms with Crippen molar-refractivity contribution in [3.8, 4) is 5.82 Å². The van der Waals surface area contributed by atoms with Gasteiger partial charge in [0.15, 0.2) is 5.82 Å². The van der Waals surface area contributed by atoms with E-state index in [2.05, 4.69) is 59.2 Å². The SMILES string of the molecule is Cc1cc(NC(=O)c2cnn(-c3ccc(C(F)(F)F)cn3)c2C)cnc1C1=CCC(N(C)CC(C)(C)C)CC1. The minimum atomic E-state index is -4.48. The number of aromatic nitrogens is 4. The second-order valence-electron chi connectivity index (χ2n) is 11.4. The summed E-state index contributed by atoms with van der Waals surface area (Å²) < 4.78 is 39.9. The Morgan fingerprint density at radius 1 is 1.13 bits per heavy atom. The Morgan fingerprint density at radius 2 is 1.87 bits per heavy atom. The van der Waals surface area contributed by atoms with Gasteiger partial charge in [-0.05, 0) is 74.9 Å². The normalized spacial score (nSPS) is 16.4. The molecule has 0 aliphatic heterocycles. The van der Waals surface area contributed by atoms with Crippen LogP contribution in [0, 0.1) is 19.3 Å². The van der Waals surface area contributed by atoms with E-state index in [-0.39, 0.29) is 17.1 Å². The fourth-order valence-electron chi connectivity index (χ4n) is 5.03. The Labute approximate surface area is 227 Å². The predicted octanol–water partition coefficient (Wildman–Crippen LogP) is 6.46. The molecule has 1 amide bonds. The van der Waals surface area contributed by atoms with Crippen LogP contribution in [0.5, 0.6) is 0 Å². The molecule has 0 fully saturated rings. The molecule has 4 rings (SSSR count). The number of carbonyl (C=O) groups excluding carboxylic acids is 1. The van der Waals surface area contributed by atoms with Gasteiger partial charge in [0.1, 0.15) is 0 Å². The van der Waals surface area contributed by atoms with Crippen molar-refractivity contribution in [2.75, 3.05) is 18.9 Å². The highest BCUT2D eigenvalue weighted by molar-refractivity contribution is 6.05. The van der Waals surface area contributed by atoms with E-state index in [9.17, 15) is 18.0 Å². The van der Waals surface area contributed by atoms with Crippen molar-refractivity contribution < 1.29 is 18.0 Å². The number of pyridine rings is 2. The number of hydrogen-bond donors (Lipinski definition) is 1. The third kappa shape index (κ3) is 6.73. The molecule has 39 heavy (non-hydrogen) atoms. The summed E-state index contributed by atoms with van der Waals surface area (Å²) >= 11 is 0. The van der Waals surface area contributed by atoms with E-state index in [0.717, 1.165) is 49.3 Å². The molecule has 0 spiro atoms. The van der Waals surface area contributed by atoms with Crippen molar-refractivity contribution in [3.05, 3.63) is 70.9 Å². The topological polar surface area (TPSA) is 75.9 Å². The lowest BCUT2D eigenvalue weighted by Gasteiger charge is -2.35. The molecule has 1 aliphatic carbocycles. The summed E-state index contributed by atoms with van der Waals surface area (Å²) in [7, 11) is 2.20. The minimum absolute atomic E-state index is 0.189. The lowest BCUT2D eigenvalue weighted by atomic mass is 9.89. The quantitative estimate of drug-likeness (QED) is 0.388. The van der Waals surface area contributed by atoms with E-state index in [1.807, 2.05) is 13.0 Å². The summed E-state index contributed by atoms with van der Waals surface area (Å²) in [5, 5.41) is 7.01. The molecule has 0 saturated heterocycles. The van der Waals surface area contributed by atoms with Crippen LogP contribution in [0.4, 0.5) is 18.9 Å². The van der Waals surface area contributed by atoms with Gasteiger partial charge in [0.25, 0.3) is 5.91 Å². The van der Waals surface area contributed by atoms with E-state index < -0.39 is 11.7 Å². The molecule has 0 bridgehead atoms. The molecular formula is C29H35F3N6O. The summed E-state index contributed by atoms with van der Waals surface area (Å²) in [6, 6.07) is 4.58. The minimum Gasteiger partial charge on any atom is -0.320 e. The van der Waals surface area contributed by atoms with Crippen molar-refractivity contribution in [1.29, 1.82) is 0 Å². The molecule has 1 N–H and O–H groups in total. The highest BCUT2D eigenvalue weighted by atomic mass is 19.4. The summed E-state index contributed by atoms with van der Waals surface area (Å²) in [5.41, 5.74) is 3.86. The number of alkyl halides is 3. The number of carbonyl (C=O) groups is 1. The molecule has 10 heteroatoms. The average Bonchev–Trinajstić information content (AvgIpc) is 3.24. The van der Waals surface area contributed by atoms with E-state index in [4.69, 9.17) is 0 Å². The molecule has 208 valence electrons. The van der Waals surface area contributed by atoms with Gasteiger partial charge >= 0.3 is 6.18 Å². The predicted molar refractivity (Wildman–Crippen MR) is 146 cm³/mol. The molecule has 0 radical (unpaired) electrons. The molecule has 0 aromatic carbocycles. The van der Waals surface area contributed by atoms with Crippen LogP contribution >= 0.6 is 0 Å². The van der Waals surface area contributed by atoms with Gasteiger partial charge in [-0.3, -0.25) is 9.78 Å². The van der Waals surface area contributed by atoms with Gasteiger partial charge in [0, 0.05) is 18.8 Å². The molecule has 1 atom stereocenters. The first-order valence-electron chi connectivity index (χ1n) is 13.0. The summed E-state index contributed by atoms with van der Waals surface area (Å²) in [6.07, 6.45) is 4.60. The zero-order valence-corrected chi connectivity index (χ0v) is 23.2. The highest BCUT2D eigenvalue weighted by Gasteiger charge is 2.31. The van der Waals surface area contributed by atoms with Gasteiger partial charge < -0.3 is 10.2 Å². The number of rotatable bonds is 6. The number of halogens is 3. The summed E-state index contributed by atoms with van der Waals surface area (Å²) in [5.74, 6) is -0.199. The van der Waals surface area contributed by atoms with Gasteiger partial charge in [-0.1, -0.05) is 26.8 Å². The van der Waals surface area contributed by atoms with Crippen LogP contribution in [0.3, 0.4) is 0 Å². The molecule has 3 aromatic rings. The van der Waals surface area contributed by atoms with Gasteiger partial charge in [0.05, 0.1) is 40.6 Å². The zero-order valence-electron chi connectivity index (χ0n) is 23.2. The molecule has 7 nitrogen and oxygen atoms in total. The first-order valence-corrected chi connectivity index (χ1v) is 13.0. The van der Waals surface area contributed by atoms with E-state index in [1.165, 1.54) is 22.5 Å². The number of anilines is 1. The van der Waals surface area contributed by atoms with Crippen molar-refractivity contribution in [2.45, 2.75) is 66.1 Å². The molecular weight excluding hydrogens is 505 g/mol. The smallest absolute Gasteiger partial charge is 0.320 e. The molecule has 1 aliphatic rings. The van der Waals surface area contributed by atoms with Crippen LogP contribution in [0.25, 0.3) is 11.4 Å². The Hall–Kier alpha value is -3.53. The fraction of sp³-hybridized carbons (Fsp3) is 0.448. The fourth-order valence-corrected chi connectivity index (χ4v) is 5.03. The number of nitrogens with zero attached hydrogens (tertiary/aromatic N) is 5. The molecule has 1 unspecified atom stereocenters. The Morgan fingerprint density at radius 3 is 2.44 bits per heavy atom. The first-order chi connectivity index (χ1) is 18.2. The second-order valence-corrected chi connectivity index (χ2v) is 11.4. The summed E-state index contributed by atoms with van der Waals surface area (Å²) in [4.78, 5) is 24.0.